The zero-order chi connectivity index (χ0) is 9.68. The number of nitrogens with one attached hydrogen (secondary N) is 1. The second-order valence-electron chi connectivity index (χ2n) is 2.92. The Hall–Kier alpha value is -1.39. The fourth-order valence-electron chi connectivity index (χ4n) is 1.11. The first-order valence-corrected chi connectivity index (χ1v) is 4.45. The summed E-state index contributed by atoms with van der Waals surface area (Å²) in [6.45, 7) is 2.12. The lowest BCUT2D eigenvalue weighted by molar-refractivity contribution is 0.687. The lowest BCUT2D eigenvalue weighted by Crippen LogP contribution is -2.17. The summed E-state index contributed by atoms with van der Waals surface area (Å²) in [7, 11) is 0. The summed E-state index contributed by atoms with van der Waals surface area (Å²) in [6.07, 6.45) is 4.05. The van der Waals surface area contributed by atoms with E-state index >= 15 is 0 Å². The number of rotatable bonds is 4. The smallest absolute Gasteiger partial charge is 0.349 e. The zero-order valence-electron chi connectivity index (χ0n) is 7.71. The molecule has 0 fully saturated rings. The van der Waals surface area contributed by atoms with Crippen LogP contribution < -0.4 is 11.4 Å². The fourth-order valence-corrected chi connectivity index (χ4v) is 1.11. The van der Waals surface area contributed by atoms with Crippen LogP contribution in [0.5, 0.6) is 0 Å². The summed E-state index contributed by atoms with van der Waals surface area (Å²) in [5.41, 5.74) is 4.90. The predicted octanol–water partition coefficient (Wildman–Crippen LogP) is 0.480. The number of hydrogen-bond donors (Lipinski definition) is 2. The minimum atomic E-state index is -0.418. The molecule has 0 spiro atoms. The van der Waals surface area contributed by atoms with Crippen molar-refractivity contribution in [2.24, 2.45) is 0 Å². The van der Waals surface area contributed by atoms with Crippen LogP contribution in [0.4, 0.5) is 5.95 Å². The first-order valence-electron chi connectivity index (χ1n) is 4.45. The van der Waals surface area contributed by atoms with Crippen LogP contribution in [0.2, 0.25) is 0 Å². The van der Waals surface area contributed by atoms with Crippen LogP contribution in [0.1, 0.15) is 32.0 Å². The number of nitrogen functional groups attached to an aromatic ring is 1. The summed E-state index contributed by atoms with van der Waals surface area (Å²) in [4.78, 5) is 20.7. The van der Waals surface area contributed by atoms with E-state index < -0.39 is 5.69 Å². The Kier molecular flexibility index (Phi) is 3.42. The molecular weight excluding hydrogens is 168 g/mol. The highest BCUT2D eigenvalue weighted by atomic mass is 16.1. The van der Waals surface area contributed by atoms with Crippen LogP contribution >= 0.6 is 0 Å². The van der Waals surface area contributed by atoms with Gasteiger partial charge >= 0.3 is 5.69 Å². The fraction of sp³-hybridized carbons (Fsp3) is 0.625. The Morgan fingerprint density at radius 2 is 2.15 bits per heavy atom. The number of anilines is 1. The molecule has 0 saturated heterocycles. The van der Waals surface area contributed by atoms with E-state index in [1.165, 1.54) is 0 Å². The van der Waals surface area contributed by atoms with Crippen LogP contribution in [-0.4, -0.2) is 15.0 Å². The average molecular weight is 182 g/mol. The summed E-state index contributed by atoms with van der Waals surface area (Å²) in [5, 5.41) is 0. The molecule has 1 aromatic heterocycles. The number of aryl methyl sites for hydroxylation is 1. The molecule has 13 heavy (non-hydrogen) atoms. The van der Waals surface area contributed by atoms with Crippen LogP contribution in [-0.2, 0) is 6.42 Å². The number of H-pyrrole nitrogens is 1. The Morgan fingerprint density at radius 3 is 2.77 bits per heavy atom. The van der Waals surface area contributed by atoms with E-state index in [0.29, 0.717) is 5.82 Å². The van der Waals surface area contributed by atoms with Crippen molar-refractivity contribution in [1.29, 1.82) is 0 Å². The van der Waals surface area contributed by atoms with E-state index in [1.54, 1.807) is 0 Å². The van der Waals surface area contributed by atoms with E-state index in [2.05, 4.69) is 21.9 Å². The molecule has 0 amide bonds. The molecule has 3 N–H and O–H groups in total. The van der Waals surface area contributed by atoms with Gasteiger partial charge in [-0.2, -0.15) is 9.97 Å². The molecule has 1 rings (SSSR count). The van der Waals surface area contributed by atoms with E-state index in [-0.39, 0.29) is 5.95 Å². The van der Waals surface area contributed by atoms with Gasteiger partial charge in [-0.05, 0) is 6.42 Å². The molecule has 1 aromatic rings. The van der Waals surface area contributed by atoms with Crippen LogP contribution in [0.15, 0.2) is 4.79 Å². The highest BCUT2D eigenvalue weighted by Gasteiger charge is 1.98. The predicted molar refractivity (Wildman–Crippen MR) is 50.3 cm³/mol. The maximum Gasteiger partial charge on any atom is 0.349 e. The third-order valence-corrected chi connectivity index (χ3v) is 1.73. The number of aromatic nitrogens is 3. The molecule has 0 aliphatic rings. The van der Waals surface area contributed by atoms with Crippen molar-refractivity contribution in [3.05, 3.63) is 16.3 Å². The van der Waals surface area contributed by atoms with Gasteiger partial charge in [0, 0.05) is 6.42 Å². The highest BCUT2D eigenvalue weighted by Crippen LogP contribution is 2.00. The summed E-state index contributed by atoms with van der Waals surface area (Å²) < 4.78 is 0. The van der Waals surface area contributed by atoms with Gasteiger partial charge in [-0.15, -0.1) is 0 Å². The van der Waals surface area contributed by atoms with Gasteiger partial charge in [0.25, 0.3) is 0 Å². The monoisotopic (exact) mass is 182 g/mol. The number of nitrogens with zero attached hydrogens (tertiary/aromatic N) is 2. The minimum Gasteiger partial charge on any atom is -0.368 e. The van der Waals surface area contributed by atoms with Crippen LogP contribution in [0.3, 0.4) is 0 Å². The van der Waals surface area contributed by atoms with Crippen LogP contribution in [0.25, 0.3) is 0 Å². The maximum absolute atomic E-state index is 10.9. The quantitative estimate of drug-likeness (QED) is 0.663. The Balaban J connectivity index is 2.61. The summed E-state index contributed by atoms with van der Waals surface area (Å²) in [6, 6.07) is 0. The van der Waals surface area contributed by atoms with Crippen molar-refractivity contribution < 1.29 is 0 Å². The lowest BCUT2D eigenvalue weighted by atomic mass is 10.2. The van der Waals surface area contributed by atoms with Gasteiger partial charge in [0.05, 0.1) is 0 Å². The molecule has 5 nitrogen and oxygen atoms in total. The van der Waals surface area contributed by atoms with E-state index in [0.717, 1.165) is 25.7 Å². The number of unbranched alkanes of at least 4 members (excludes halogenated alkanes) is 2. The van der Waals surface area contributed by atoms with Gasteiger partial charge in [0.1, 0.15) is 5.82 Å². The van der Waals surface area contributed by atoms with E-state index in [1.807, 2.05) is 0 Å². The first kappa shape index (κ1) is 9.70. The minimum absolute atomic E-state index is 0.0512. The van der Waals surface area contributed by atoms with Gasteiger partial charge < -0.3 is 5.73 Å². The highest BCUT2D eigenvalue weighted by molar-refractivity contribution is 5.12. The molecule has 0 aliphatic heterocycles. The lowest BCUT2D eigenvalue weighted by Gasteiger charge is -1.99. The van der Waals surface area contributed by atoms with Gasteiger partial charge in [0.15, 0.2) is 0 Å². The average Bonchev–Trinajstić information content (AvgIpc) is 2.03. The molecule has 0 atom stereocenters. The molecular formula is C8H14N4O. The Bertz CT molecular complexity index is 320. The largest absolute Gasteiger partial charge is 0.368 e. The number of hydrogen-bond acceptors (Lipinski definition) is 4. The number of nitrogens with two attached hydrogens (primary N) is 1. The van der Waals surface area contributed by atoms with Crippen molar-refractivity contribution in [2.75, 3.05) is 5.73 Å². The Morgan fingerprint density at radius 1 is 1.38 bits per heavy atom. The van der Waals surface area contributed by atoms with Crippen molar-refractivity contribution >= 4 is 5.95 Å². The maximum atomic E-state index is 10.9. The van der Waals surface area contributed by atoms with Gasteiger partial charge in [-0.3, -0.25) is 4.98 Å². The standard InChI is InChI=1S/C8H14N4O/c1-2-3-4-5-6-10-7(9)12-8(13)11-6/h2-5H2,1H3,(H3,9,10,11,12,13). The van der Waals surface area contributed by atoms with Crippen molar-refractivity contribution in [2.45, 2.75) is 32.6 Å². The number of aromatic amines is 1. The summed E-state index contributed by atoms with van der Waals surface area (Å²) >= 11 is 0. The van der Waals surface area contributed by atoms with E-state index in [4.69, 9.17) is 5.73 Å². The van der Waals surface area contributed by atoms with Gasteiger partial charge in [0.2, 0.25) is 5.95 Å². The van der Waals surface area contributed by atoms with E-state index in [9.17, 15) is 4.79 Å². The molecule has 1 heterocycles. The molecule has 0 saturated carbocycles. The first-order chi connectivity index (χ1) is 6.22. The topological polar surface area (TPSA) is 84.7 Å². The zero-order valence-corrected chi connectivity index (χ0v) is 7.71. The second kappa shape index (κ2) is 4.59. The molecule has 0 bridgehead atoms. The molecule has 0 unspecified atom stereocenters. The SMILES string of the molecule is CCCCCc1nc(N)nc(=O)[nH]1. The van der Waals surface area contributed by atoms with Crippen LogP contribution in [0, 0.1) is 0 Å². The van der Waals surface area contributed by atoms with Gasteiger partial charge in [-0.25, -0.2) is 4.79 Å². The normalized spacial score (nSPS) is 10.2. The molecule has 0 radical (unpaired) electrons. The van der Waals surface area contributed by atoms with Gasteiger partial charge in [-0.1, -0.05) is 19.8 Å². The molecule has 0 aromatic carbocycles. The summed E-state index contributed by atoms with van der Waals surface area (Å²) in [5.74, 6) is 0.682. The molecule has 72 valence electrons. The van der Waals surface area contributed by atoms with Crippen molar-refractivity contribution in [1.82, 2.24) is 15.0 Å². The molecule has 5 heteroatoms. The third-order valence-electron chi connectivity index (χ3n) is 1.73. The second-order valence-corrected chi connectivity index (χ2v) is 2.92. The van der Waals surface area contributed by atoms with Crippen molar-refractivity contribution in [3.8, 4) is 0 Å². The third kappa shape index (κ3) is 3.23. The molecule has 0 aliphatic carbocycles. The van der Waals surface area contributed by atoms with Crippen molar-refractivity contribution in [3.63, 3.8) is 0 Å². The Labute approximate surface area is 76.4 Å².